The van der Waals surface area contributed by atoms with Crippen LogP contribution in [0, 0.1) is 0 Å². The number of carboxylic acid groups (broad SMARTS) is 1. The highest BCUT2D eigenvalue weighted by molar-refractivity contribution is 8.00. The molecule has 0 saturated heterocycles. The van der Waals surface area contributed by atoms with Crippen LogP contribution in [0.1, 0.15) is 10.4 Å². The normalized spacial score (nSPS) is 10.1. The van der Waals surface area contributed by atoms with Gasteiger partial charge in [0.25, 0.3) is 0 Å². The van der Waals surface area contributed by atoms with E-state index >= 15 is 0 Å². The first-order valence-corrected chi connectivity index (χ1v) is 7.29. The van der Waals surface area contributed by atoms with Gasteiger partial charge in [0.15, 0.2) is 0 Å². The number of amides is 1. The topological polar surface area (TPSA) is 79.3 Å². The van der Waals surface area contributed by atoms with Crippen LogP contribution >= 0.6 is 23.4 Å². The molecule has 0 unspecified atom stereocenters. The molecule has 1 aromatic heterocycles. The summed E-state index contributed by atoms with van der Waals surface area (Å²) in [6.07, 6.45) is 1.49. The standard InChI is InChI=1S/C14H11ClN2O3S/c15-9-3-1-4-10(7-9)17-12(18)8-21-13-11(14(19)20)5-2-6-16-13/h1-7H,8H2,(H,17,18)(H,19,20). The predicted octanol–water partition coefficient (Wildman–Crippen LogP) is 3.16. The Kier molecular flexibility index (Phi) is 5.19. The van der Waals surface area contributed by atoms with Crippen LogP contribution < -0.4 is 5.32 Å². The lowest BCUT2D eigenvalue weighted by Crippen LogP contribution is -2.14. The number of hydrogen-bond acceptors (Lipinski definition) is 4. The van der Waals surface area contributed by atoms with Crippen molar-refractivity contribution in [2.24, 2.45) is 0 Å². The fourth-order valence-corrected chi connectivity index (χ4v) is 2.54. The van der Waals surface area contributed by atoms with Crippen molar-refractivity contribution >= 4 is 40.9 Å². The monoisotopic (exact) mass is 322 g/mol. The largest absolute Gasteiger partial charge is 0.478 e. The van der Waals surface area contributed by atoms with Crippen LogP contribution in [0.3, 0.4) is 0 Å². The number of hydrogen-bond donors (Lipinski definition) is 2. The summed E-state index contributed by atoms with van der Waals surface area (Å²) < 4.78 is 0. The molecule has 0 aliphatic heterocycles. The van der Waals surface area contributed by atoms with Crippen LogP contribution in [0.15, 0.2) is 47.6 Å². The smallest absolute Gasteiger partial charge is 0.338 e. The van der Waals surface area contributed by atoms with Gasteiger partial charge in [0, 0.05) is 16.9 Å². The van der Waals surface area contributed by atoms with E-state index in [-0.39, 0.29) is 17.2 Å². The SMILES string of the molecule is O=C(CSc1ncccc1C(=O)O)Nc1cccc(Cl)c1. The lowest BCUT2D eigenvalue weighted by atomic mass is 10.3. The average Bonchev–Trinajstić information content (AvgIpc) is 2.45. The fraction of sp³-hybridized carbons (Fsp3) is 0.0714. The molecule has 0 radical (unpaired) electrons. The molecule has 1 amide bonds. The molecule has 21 heavy (non-hydrogen) atoms. The van der Waals surface area contributed by atoms with Gasteiger partial charge in [-0.05, 0) is 30.3 Å². The third-order valence-electron chi connectivity index (χ3n) is 2.45. The minimum absolute atomic E-state index is 0.0593. The van der Waals surface area contributed by atoms with Gasteiger partial charge < -0.3 is 10.4 Å². The number of nitrogens with one attached hydrogen (secondary N) is 1. The Bertz CT molecular complexity index is 679. The van der Waals surface area contributed by atoms with Gasteiger partial charge in [0.05, 0.1) is 11.3 Å². The van der Waals surface area contributed by atoms with Crippen molar-refractivity contribution in [3.63, 3.8) is 0 Å². The average molecular weight is 323 g/mol. The van der Waals surface area contributed by atoms with Crippen molar-refractivity contribution < 1.29 is 14.7 Å². The Labute approximate surface area is 130 Å². The molecule has 0 saturated carbocycles. The van der Waals surface area contributed by atoms with Gasteiger partial charge >= 0.3 is 5.97 Å². The van der Waals surface area contributed by atoms with E-state index in [1.807, 2.05) is 0 Å². The number of carboxylic acids is 1. The van der Waals surface area contributed by atoms with Crippen molar-refractivity contribution in [2.75, 3.05) is 11.1 Å². The van der Waals surface area contributed by atoms with Crippen LogP contribution in [0.4, 0.5) is 5.69 Å². The van der Waals surface area contributed by atoms with Crippen LogP contribution in [-0.2, 0) is 4.79 Å². The number of nitrogens with zero attached hydrogens (tertiary/aromatic N) is 1. The van der Waals surface area contributed by atoms with E-state index in [0.29, 0.717) is 15.7 Å². The fourth-order valence-electron chi connectivity index (χ4n) is 1.57. The molecule has 7 heteroatoms. The Balaban J connectivity index is 1.97. The van der Waals surface area contributed by atoms with Gasteiger partial charge in [-0.2, -0.15) is 0 Å². The highest BCUT2D eigenvalue weighted by atomic mass is 35.5. The number of aromatic carboxylic acids is 1. The summed E-state index contributed by atoms with van der Waals surface area (Å²) in [6, 6.07) is 9.78. The first-order chi connectivity index (χ1) is 10.1. The first kappa shape index (κ1) is 15.3. The third-order valence-corrected chi connectivity index (χ3v) is 3.69. The second-order valence-corrected chi connectivity index (χ2v) is 5.41. The number of pyridine rings is 1. The maximum atomic E-state index is 11.8. The Hall–Kier alpha value is -2.05. The van der Waals surface area contributed by atoms with Gasteiger partial charge in [-0.1, -0.05) is 29.4 Å². The van der Waals surface area contributed by atoms with E-state index in [1.165, 1.54) is 12.3 Å². The van der Waals surface area contributed by atoms with Crippen LogP contribution in [0.5, 0.6) is 0 Å². The van der Waals surface area contributed by atoms with Gasteiger partial charge in [-0.25, -0.2) is 9.78 Å². The summed E-state index contributed by atoms with van der Waals surface area (Å²) in [7, 11) is 0. The molecule has 0 aliphatic carbocycles. The number of rotatable bonds is 5. The summed E-state index contributed by atoms with van der Waals surface area (Å²) in [6.45, 7) is 0. The molecule has 2 N–H and O–H groups in total. The number of carbonyl (C=O) groups excluding carboxylic acids is 1. The summed E-state index contributed by atoms with van der Waals surface area (Å²) >= 11 is 6.90. The molecule has 1 aromatic carbocycles. The number of carbonyl (C=O) groups is 2. The molecule has 0 bridgehead atoms. The summed E-state index contributed by atoms with van der Waals surface area (Å²) in [4.78, 5) is 26.8. The van der Waals surface area contributed by atoms with Crippen LogP contribution in [0.2, 0.25) is 5.02 Å². The van der Waals surface area contributed by atoms with Gasteiger partial charge in [-0.15, -0.1) is 0 Å². The van der Waals surface area contributed by atoms with E-state index in [9.17, 15) is 9.59 Å². The minimum Gasteiger partial charge on any atom is -0.478 e. The molecule has 2 aromatic rings. The molecular formula is C14H11ClN2O3S. The van der Waals surface area contributed by atoms with Gasteiger partial charge in [-0.3, -0.25) is 4.79 Å². The molecule has 2 rings (SSSR count). The van der Waals surface area contributed by atoms with E-state index < -0.39 is 5.97 Å². The number of aromatic nitrogens is 1. The molecule has 5 nitrogen and oxygen atoms in total. The highest BCUT2D eigenvalue weighted by Crippen LogP contribution is 2.21. The third kappa shape index (κ3) is 4.47. The van der Waals surface area contributed by atoms with Crippen LogP contribution in [-0.4, -0.2) is 27.7 Å². The summed E-state index contributed by atoms with van der Waals surface area (Å²) in [5, 5.41) is 12.5. The van der Waals surface area contributed by atoms with Crippen molar-refractivity contribution in [1.29, 1.82) is 0 Å². The number of benzene rings is 1. The highest BCUT2D eigenvalue weighted by Gasteiger charge is 2.12. The minimum atomic E-state index is -1.07. The van der Waals surface area contributed by atoms with E-state index in [1.54, 1.807) is 30.3 Å². The predicted molar refractivity (Wildman–Crippen MR) is 82.0 cm³/mol. The van der Waals surface area contributed by atoms with Crippen molar-refractivity contribution in [3.8, 4) is 0 Å². The molecule has 108 valence electrons. The van der Waals surface area contributed by atoms with E-state index in [4.69, 9.17) is 16.7 Å². The second kappa shape index (κ2) is 7.10. The second-order valence-electron chi connectivity index (χ2n) is 4.01. The molecule has 1 heterocycles. The van der Waals surface area contributed by atoms with Crippen molar-refractivity contribution in [2.45, 2.75) is 5.03 Å². The summed E-state index contributed by atoms with van der Waals surface area (Å²) in [5.41, 5.74) is 0.672. The Morgan fingerprint density at radius 2 is 2.10 bits per heavy atom. The maximum absolute atomic E-state index is 11.8. The molecule has 0 fully saturated rings. The molecule has 0 spiro atoms. The van der Waals surface area contributed by atoms with E-state index in [2.05, 4.69) is 10.3 Å². The van der Waals surface area contributed by atoms with Gasteiger partial charge in [0.2, 0.25) is 5.91 Å². The quantitative estimate of drug-likeness (QED) is 0.827. The Morgan fingerprint density at radius 3 is 2.81 bits per heavy atom. The van der Waals surface area contributed by atoms with E-state index in [0.717, 1.165) is 11.8 Å². The number of thioether (sulfide) groups is 1. The zero-order valence-corrected chi connectivity index (χ0v) is 12.3. The molecular weight excluding hydrogens is 312 g/mol. The van der Waals surface area contributed by atoms with Crippen molar-refractivity contribution in [3.05, 3.63) is 53.2 Å². The lowest BCUT2D eigenvalue weighted by molar-refractivity contribution is -0.113. The van der Waals surface area contributed by atoms with Crippen molar-refractivity contribution in [1.82, 2.24) is 4.98 Å². The molecule has 0 atom stereocenters. The summed E-state index contributed by atoms with van der Waals surface area (Å²) in [5.74, 6) is -1.27. The lowest BCUT2D eigenvalue weighted by Gasteiger charge is -2.06. The zero-order chi connectivity index (χ0) is 15.2. The first-order valence-electron chi connectivity index (χ1n) is 5.93. The van der Waals surface area contributed by atoms with Gasteiger partial charge in [0.1, 0.15) is 5.03 Å². The maximum Gasteiger partial charge on any atom is 0.338 e. The Morgan fingerprint density at radius 1 is 1.29 bits per heavy atom. The number of anilines is 1. The van der Waals surface area contributed by atoms with Crippen LogP contribution in [0.25, 0.3) is 0 Å². The zero-order valence-electron chi connectivity index (χ0n) is 10.7. The molecule has 0 aliphatic rings. The number of halogens is 1.